The quantitative estimate of drug-likeness (QED) is 0.448. The molecule has 5 aromatic rings. The second kappa shape index (κ2) is 6.63. The molecule has 0 N–H and O–H groups in total. The van der Waals surface area contributed by atoms with Crippen LogP contribution < -0.4 is 0 Å². The zero-order valence-electron chi connectivity index (χ0n) is 15.4. The van der Waals surface area contributed by atoms with Gasteiger partial charge in [-0.1, -0.05) is 6.07 Å². The highest BCUT2D eigenvalue weighted by atomic mass is 19.1. The van der Waals surface area contributed by atoms with Crippen molar-refractivity contribution in [1.82, 2.24) is 24.3 Å². The van der Waals surface area contributed by atoms with Crippen LogP contribution in [0, 0.1) is 11.6 Å². The van der Waals surface area contributed by atoms with Crippen molar-refractivity contribution < 1.29 is 8.78 Å². The van der Waals surface area contributed by atoms with Gasteiger partial charge in [-0.05, 0) is 42.0 Å². The minimum absolute atomic E-state index is 0.247. The van der Waals surface area contributed by atoms with Crippen molar-refractivity contribution >= 4 is 11.0 Å². The molecule has 5 nitrogen and oxygen atoms in total. The molecule has 3 aromatic heterocycles. The van der Waals surface area contributed by atoms with E-state index < -0.39 is 11.6 Å². The average Bonchev–Trinajstić information content (AvgIpc) is 3.34. The summed E-state index contributed by atoms with van der Waals surface area (Å²) in [5.41, 5.74) is 5.24. The normalized spacial score (nSPS) is 11.3. The number of nitrogens with zero attached hydrogens (tertiary/aromatic N) is 5. The van der Waals surface area contributed by atoms with Crippen molar-refractivity contribution in [2.45, 2.75) is 0 Å². The third-order valence-electron chi connectivity index (χ3n) is 4.81. The van der Waals surface area contributed by atoms with Gasteiger partial charge in [-0.3, -0.25) is 14.2 Å². The molecule has 142 valence electrons. The Hall–Kier alpha value is -3.87. The smallest absolute Gasteiger partial charge is 0.135 e. The van der Waals surface area contributed by atoms with Crippen molar-refractivity contribution in [3.05, 3.63) is 85.1 Å². The molecule has 0 radical (unpaired) electrons. The van der Waals surface area contributed by atoms with Gasteiger partial charge in [-0.2, -0.15) is 5.10 Å². The summed E-state index contributed by atoms with van der Waals surface area (Å²) < 4.78 is 31.1. The maximum absolute atomic E-state index is 14.2. The fourth-order valence-electron chi connectivity index (χ4n) is 3.38. The zero-order chi connectivity index (χ0) is 20.0. The van der Waals surface area contributed by atoms with E-state index in [0.717, 1.165) is 33.9 Å². The molecule has 0 aliphatic heterocycles. The second-order valence-electron chi connectivity index (χ2n) is 6.74. The highest BCUT2D eigenvalue weighted by Gasteiger charge is 2.11. The second-order valence-corrected chi connectivity index (χ2v) is 6.74. The number of imidazole rings is 1. The highest BCUT2D eigenvalue weighted by Crippen LogP contribution is 2.27. The molecular formula is C22H15F2N5. The van der Waals surface area contributed by atoms with Gasteiger partial charge in [0.05, 0.1) is 28.6 Å². The summed E-state index contributed by atoms with van der Waals surface area (Å²) in [6.45, 7) is 0. The Morgan fingerprint density at radius 2 is 1.79 bits per heavy atom. The van der Waals surface area contributed by atoms with Crippen molar-refractivity contribution in [1.29, 1.82) is 0 Å². The van der Waals surface area contributed by atoms with Crippen LogP contribution in [0.25, 0.3) is 39.1 Å². The van der Waals surface area contributed by atoms with E-state index in [-0.39, 0.29) is 5.56 Å². The van der Waals surface area contributed by atoms with Crippen molar-refractivity contribution in [2.24, 2.45) is 7.05 Å². The van der Waals surface area contributed by atoms with Gasteiger partial charge in [0, 0.05) is 36.6 Å². The summed E-state index contributed by atoms with van der Waals surface area (Å²) in [5.74, 6) is -1.27. The number of halogens is 2. The lowest BCUT2D eigenvalue weighted by molar-refractivity contribution is 0.585. The minimum atomic E-state index is -0.647. The van der Waals surface area contributed by atoms with Gasteiger partial charge in [0.2, 0.25) is 0 Å². The molecule has 0 saturated carbocycles. The van der Waals surface area contributed by atoms with Crippen molar-refractivity contribution in [3.63, 3.8) is 0 Å². The number of aryl methyl sites for hydroxylation is 1. The average molecular weight is 387 g/mol. The minimum Gasteiger partial charge on any atom is -0.299 e. The Labute approximate surface area is 164 Å². The Morgan fingerprint density at radius 1 is 0.897 bits per heavy atom. The molecule has 0 amide bonds. The summed E-state index contributed by atoms with van der Waals surface area (Å²) in [6.07, 6.45) is 7.08. The van der Waals surface area contributed by atoms with Gasteiger partial charge < -0.3 is 0 Å². The lowest BCUT2D eigenvalue weighted by Crippen LogP contribution is -1.95. The summed E-state index contributed by atoms with van der Waals surface area (Å²) in [6, 6.07) is 13.1. The number of rotatable bonds is 3. The number of pyridine rings is 1. The van der Waals surface area contributed by atoms with E-state index in [2.05, 4.69) is 15.1 Å². The van der Waals surface area contributed by atoms with Gasteiger partial charge in [0.1, 0.15) is 18.0 Å². The molecular weight excluding hydrogens is 372 g/mol. The van der Waals surface area contributed by atoms with Gasteiger partial charge in [-0.15, -0.1) is 0 Å². The molecule has 0 fully saturated rings. The van der Waals surface area contributed by atoms with Crippen molar-refractivity contribution in [3.8, 4) is 28.1 Å². The number of hydrogen-bond acceptors (Lipinski definition) is 3. The van der Waals surface area contributed by atoms with Gasteiger partial charge in [0.15, 0.2) is 0 Å². The Morgan fingerprint density at radius 3 is 2.59 bits per heavy atom. The molecule has 0 aliphatic rings. The van der Waals surface area contributed by atoms with E-state index in [1.807, 2.05) is 48.3 Å². The largest absolute Gasteiger partial charge is 0.299 e. The predicted octanol–water partition coefficient (Wildman–Crippen LogP) is 4.77. The van der Waals surface area contributed by atoms with Crippen LogP contribution in [0.4, 0.5) is 8.78 Å². The molecule has 0 bridgehead atoms. The van der Waals surface area contributed by atoms with Gasteiger partial charge in [0.25, 0.3) is 0 Å². The maximum atomic E-state index is 14.2. The number of benzene rings is 2. The van der Waals surface area contributed by atoms with Crippen LogP contribution >= 0.6 is 0 Å². The van der Waals surface area contributed by atoms with Crippen molar-refractivity contribution in [2.75, 3.05) is 0 Å². The van der Waals surface area contributed by atoms with E-state index in [4.69, 9.17) is 0 Å². The third kappa shape index (κ3) is 3.06. The Bertz CT molecular complexity index is 1350. The molecule has 29 heavy (non-hydrogen) atoms. The van der Waals surface area contributed by atoms with E-state index in [1.165, 1.54) is 12.1 Å². The fraction of sp³-hybridized carbons (Fsp3) is 0.0455. The Kier molecular flexibility index (Phi) is 3.94. The first-order valence-corrected chi connectivity index (χ1v) is 8.96. The van der Waals surface area contributed by atoms with Crippen LogP contribution in [0.1, 0.15) is 0 Å². The lowest BCUT2D eigenvalue weighted by atomic mass is 10.1. The van der Waals surface area contributed by atoms with Crippen LogP contribution in [-0.2, 0) is 7.05 Å². The molecule has 0 unspecified atom stereocenters. The lowest BCUT2D eigenvalue weighted by Gasteiger charge is -2.08. The molecule has 5 rings (SSSR count). The molecule has 0 atom stereocenters. The molecule has 0 spiro atoms. The zero-order valence-corrected chi connectivity index (χ0v) is 15.4. The summed E-state index contributed by atoms with van der Waals surface area (Å²) in [4.78, 5) is 8.75. The number of aromatic nitrogens is 5. The fourth-order valence-corrected chi connectivity index (χ4v) is 3.38. The molecule has 2 aromatic carbocycles. The van der Waals surface area contributed by atoms with E-state index in [9.17, 15) is 8.78 Å². The number of fused-ring (bicyclic) bond motifs is 1. The first-order chi connectivity index (χ1) is 14.1. The third-order valence-corrected chi connectivity index (χ3v) is 4.81. The first-order valence-electron chi connectivity index (χ1n) is 8.96. The molecule has 7 heteroatoms. The summed E-state index contributed by atoms with van der Waals surface area (Å²) >= 11 is 0. The van der Waals surface area contributed by atoms with E-state index >= 15 is 0 Å². The standard InChI is InChI=1S/C22H15F2N5/c1-28-12-15(11-27-28)14-2-5-22-21(8-14)26-13-29(22)17-6-7-25-20(10-17)18-4-3-16(23)9-19(18)24/h2-13H,1H3. The summed E-state index contributed by atoms with van der Waals surface area (Å²) in [5, 5.41) is 4.21. The van der Waals surface area contributed by atoms with Gasteiger partial charge in [-0.25, -0.2) is 13.8 Å². The number of hydrogen-bond donors (Lipinski definition) is 0. The molecule has 3 heterocycles. The maximum Gasteiger partial charge on any atom is 0.135 e. The monoisotopic (exact) mass is 387 g/mol. The topological polar surface area (TPSA) is 48.5 Å². The van der Waals surface area contributed by atoms with E-state index in [0.29, 0.717) is 5.69 Å². The van der Waals surface area contributed by atoms with Crippen LogP contribution in [0.5, 0.6) is 0 Å². The van der Waals surface area contributed by atoms with Crippen LogP contribution in [0.3, 0.4) is 0 Å². The SMILES string of the molecule is Cn1cc(-c2ccc3c(c2)ncn3-c2ccnc(-c3ccc(F)cc3F)c2)cn1. The molecule has 0 saturated heterocycles. The van der Waals surface area contributed by atoms with Crippen LogP contribution in [0.15, 0.2) is 73.4 Å². The van der Waals surface area contributed by atoms with E-state index in [1.54, 1.807) is 23.3 Å². The predicted molar refractivity (Wildman–Crippen MR) is 106 cm³/mol. The summed E-state index contributed by atoms with van der Waals surface area (Å²) in [7, 11) is 1.88. The highest BCUT2D eigenvalue weighted by molar-refractivity contribution is 5.83. The Balaban J connectivity index is 1.57. The van der Waals surface area contributed by atoms with Crippen LogP contribution in [0.2, 0.25) is 0 Å². The van der Waals surface area contributed by atoms with Crippen LogP contribution in [-0.4, -0.2) is 24.3 Å². The molecule has 0 aliphatic carbocycles. The van der Waals surface area contributed by atoms with Gasteiger partial charge >= 0.3 is 0 Å². The first kappa shape index (κ1) is 17.2.